The van der Waals surface area contributed by atoms with Gasteiger partial charge < -0.3 is 24.8 Å². The Balaban J connectivity index is 1.57. The minimum atomic E-state index is -1.01. The van der Waals surface area contributed by atoms with Crippen LogP contribution in [0.4, 0.5) is 5.69 Å². The number of carbonyl (C=O) groups is 3. The topological polar surface area (TPSA) is 103 Å². The van der Waals surface area contributed by atoms with Gasteiger partial charge in [-0.3, -0.25) is 14.4 Å². The van der Waals surface area contributed by atoms with E-state index in [9.17, 15) is 14.4 Å². The molecule has 2 N–H and O–H groups in total. The first-order chi connectivity index (χ1) is 13.9. The lowest BCUT2D eigenvalue weighted by Crippen LogP contribution is -2.33. The highest BCUT2D eigenvalue weighted by Crippen LogP contribution is 2.34. The Hall–Kier alpha value is -3.55. The normalized spacial score (nSPS) is 13.9. The molecular formula is C21H22N2O6. The highest BCUT2D eigenvalue weighted by molar-refractivity contribution is 5.95. The fourth-order valence-corrected chi connectivity index (χ4v) is 2.87. The van der Waals surface area contributed by atoms with Crippen molar-refractivity contribution in [2.24, 2.45) is 0 Å². The van der Waals surface area contributed by atoms with Crippen LogP contribution in [0.25, 0.3) is 0 Å². The quantitative estimate of drug-likeness (QED) is 0.695. The smallest absolute Gasteiger partial charge is 0.309 e. The van der Waals surface area contributed by atoms with Crippen LogP contribution in [-0.4, -0.2) is 30.7 Å². The monoisotopic (exact) mass is 398 g/mol. The molecule has 0 aromatic heterocycles. The molecule has 0 unspecified atom stereocenters. The van der Waals surface area contributed by atoms with E-state index in [4.69, 9.17) is 14.2 Å². The standard InChI is InChI=1S/C21H22N2O6/c1-13(21(26)23-16-8-9-18-19(10-16)28-12-27-18)29-20(25)11-17(22-14(2)24)15-6-4-3-5-7-15/h3-10,13,17H,11-12H2,1-2H3,(H,22,24)(H,23,26)/t13-,17-/m1/s1. The molecule has 0 saturated carbocycles. The Labute approximate surface area is 168 Å². The zero-order valence-electron chi connectivity index (χ0n) is 16.1. The molecule has 8 heteroatoms. The van der Waals surface area contributed by atoms with E-state index in [2.05, 4.69) is 10.6 Å². The maximum absolute atomic E-state index is 12.4. The summed E-state index contributed by atoms with van der Waals surface area (Å²) in [6.07, 6.45) is -1.10. The number of anilines is 1. The number of fused-ring (bicyclic) bond motifs is 1. The molecule has 2 aromatic rings. The van der Waals surface area contributed by atoms with Gasteiger partial charge in [-0.05, 0) is 24.6 Å². The average molecular weight is 398 g/mol. The van der Waals surface area contributed by atoms with Crippen molar-refractivity contribution in [3.63, 3.8) is 0 Å². The summed E-state index contributed by atoms with van der Waals surface area (Å²) >= 11 is 0. The second-order valence-corrected chi connectivity index (χ2v) is 6.56. The van der Waals surface area contributed by atoms with Gasteiger partial charge in [0, 0.05) is 18.7 Å². The van der Waals surface area contributed by atoms with E-state index in [1.54, 1.807) is 18.2 Å². The number of benzene rings is 2. The van der Waals surface area contributed by atoms with E-state index >= 15 is 0 Å². The van der Waals surface area contributed by atoms with Crippen LogP contribution in [0.3, 0.4) is 0 Å². The van der Waals surface area contributed by atoms with Crippen molar-refractivity contribution in [3.8, 4) is 11.5 Å². The van der Waals surface area contributed by atoms with Crippen molar-refractivity contribution in [2.45, 2.75) is 32.4 Å². The number of carbonyl (C=O) groups excluding carboxylic acids is 3. The maximum Gasteiger partial charge on any atom is 0.309 e. The van der Waals surface area contributed by atoms with Crippen LogP contribution in [-0.2, 0) is 19.1 Å². The minimum absolute atomic E-state index is 0.0920. The van der Waals surface area contributed by atoms with Gasteiger partial charge in [-0.15, -0.1) is 0 Å². The number of nitrogens with one attached hydrogen (secondary N) is 2. The first-order valence-corrected chi connectivity index (χ1v) is 9.14. The number of ether oxygens (including phenoxy) is 3. The van der Waals surface area contributed by atoms with Gasteiger partial charge in [0.1, 0.15) is 0 Å². The minimum Gasteiger partial charge on any atom is -0.454 e. The molecule has 0 spiro atoms. The van der Waals surface area contributed by atoms with Gasteiger partial charge >= 0.3 is 5.97 Å². The van der Waals surface area contributed by atoms with E-state index in [0.717, 1.165) is 5.56 Å². The maximum atomic E-state index is 12.4. The van der Waals surface area contributed by atoms with Gasteiger partial charge in [0.05, 0.1) is 12.5 Å². The fourth-order valence-electron chi connectivity index (χ4n) is 2.87. The molecule has 29 heavy (non-hydrogen) atoms. The molecule has 1 heterocycles. The van der Waals surface area contributed by atoms with Crippen molar-refractivity contribution < 1.29 is 28.6 Å². The molecule has 2 atom stereocenters. The summed E-state index contributed by atoms with van der Waals surface area (Å²) in [6, 6.07) is 13.5. The molecule has 1 aliphatic heterocycles. The van der Waals surface area contributed by atoms with Crippen LogP contribution in [0.2, 0.25) is 0 Å². The number of amides is 2. The van der Waals surface area contributed by atoms with E-state index in [0.29, 0.717) is 17.2 Å². The first kappa shape index (κ1) is 20.2. The third-order valence-corrected chi connectivity index (χ3v) is 4.27. The lowest BCUT2D eigenvalue weighted by molar-refractivity contribution is -0.153. The van der Waals surface area contributed by atoms with Crippen molar-refractivity contribution in [2.75, 3.05) is 12.1 Å². The molecule has 0 radical (unpaired) electrons. The van der Waals surface area contributed by atoms with Crippen molar-refractivity contribution >= 4 is 23.5 Å². The predicted molar refractivity (Wildman–Crippen MR) is 104 cm³/mol. The second kappa shape index (κ2) is 9.09. The Kier molecular flexibility index (Phi) is 6.33. The zero-order chi connectivity index (χ0) is 20.8. The highest BCUT2D eigenvalue weighted by Gasteiger charge is 2.23. The highest BCUT2D eigenvalue weighted by atomic mass is 16.7. The van der Waals surface area contributed by atoms with Gasteiger partial charge in [-0.25, -0.2) is 0 Å². The molecule has 0 aliphatic carbocycles. The molecule has 152 valence electrons. The average Bonchev–Trinajstić information content (AvgIpc) is 3.15. The van der Waals surface area contributed by atoms with Gasteiger partial charge in [0.2, 0.25) is 12.7 Å². The summed E-state index contributed by atoms with van der Waals surface area (Å²) in [7, 11) is 0. The van der Waals surface area contributed by atoms with E-state index in [1.807, 2.05) is 30.3 Å². The van der Waals surface area contributed by atoms with Crippen molar-refractivity contribution in [1.82, 2.24) is 5.32 Å². The predicted octanol–water partition coefficient (Wildman–Crippen LogP) is 2.55. The van der Waals surface area contributed by atoms with Crippen LogP contribution in [0, 0.1) is 0 Å². The van der Waals surface area contributed by atoms with Crippen molar-refractivity contribution in [1.29, 1.82) is 0 Å². The van der Waals surface area contributed by atoms with Gasteiger partial charge in [-0.1, -0.05) is 30.3 Å². The summed E-state index contributed by atoms with van der Waals surface area (Å²) in [4.78, 5) is 36.2. The van der Waals surface area contributed by atoms with E-state index in [1.165, 1.54) is 13.8 Å². The largest absolute Gasteiger partial charge is 0.454 e. The molecule has 0 bridgehead atoms. The van der Waals surface area contributed by atoms with Crippen LogP contribution < -0.4 is 20.1 Å². The van der Waals surface area contributed by atoms with Gasteiger partial charge in [0.25, 0.3) is 5.91 Å². The summed E-state index contributed by atoms with van der Waals surface area (Å²) < 4.78 is 15.7. The number of hydrogen-bond acceptors (Lipinski definition) is 6. The number of rotatable bonds is 7. The van der Waals surface area contributed by atoms with Crippen LogP contribution >= 0.6 is 0 Å². The summed E-state index contributed by atoms with van der Waals surface area (Å²) in [5, 5.41) is 5.40. The summed E-state index contributed by atoms with van der Waals surface area (Å²) in [5.41, 5.74) is 1.28. The summed E-state index contributed by atoms with van der Waals surface area (Å²) in [5.74, 6) is -0.199. The lowest BCUT2D eigenvalue weighted by atomic mass is 10.0. The fraction of sp³-hybridized carbons (Fsp3) is 0.286. The SMILES string of the molecule is CC(=O)N[C@H](CC(=O)O[C@H](C)C(=O)Nc1ccc2c(c1)OCO2)c1ccccc1. The van der Waals surface area contributed by atoms with Crippen LogP contribution in [0.5, 0.6) is 11.5 Å². The van der Waals surface area contributed by atoms with Gasteiger partial charge in [-0.2, -0.15) is 0 Å². The molecular weight excluding hydrogens is 376 g/mol. The zero-order valence-corrected chi connectivity index (χ0v) is 16.1. The Bertz CT molecular complexity index is 899. The first-order valence-electron chi connectivity index (χ1n) is 9.14. The van der Waals surface area contributed by atoms with Crippen molar-refractivity contribution in [3.05, 3.63) is 54.1 Å². The Morgan fingerprint density at radius 3 is 2.52 bits per heavy atom. The Morgan fingerprint density at radius 2 is 1.79 bits per heavy atom. The molecule has 1 aliphatic rings. The number of hydrogen-bond donors (Lipinski definition) is 2. The molecule has 2 aromatic carbocycles. The molecule has 2 amide bonds. The third kappa shape index (κ3) is 5.47. The van der Waals surface area contributed by atoms with E-state index in [-0.39, 0.29) is 19.1 Å². The van der Waals surface area contributed by atoms with Gasteiger partial charge in [0.15, 0.2) is 17.6 Å². The molecule has 0 saturated heterocycles. The molecule has 3 rings (SSSR count). The molecule has 8 nitrogen and oxygen atoms in total. The lowest BCUT2D eigenvalue weighted by Gasteiger charge is -2.19. The number of esters is 1. The van der Waals surface area contributed by atoms with Crippen LogP contribution in [0.15, 0.2) is 48.5 Å². The summed E-state index contributed by atoms with van der Waals surface area (Å²) in [6.45, 7) is 3.00. The molecule has 0 fully saturated rings. The Morgan fingerprint density at radius 1 is 1.07 bits per heavy atom. The second-order valence-electron chi connectivity index (χ2n) is 6.56. The van der Waals surface area contributed by atoms with Crippen LogP contribution in [0.1, 0.15) is 31.9 Å². The third-order valence-electron chi connectivity index (χ3n) is 4.27. The van der Waals surface area contributed by atoms with E-state index < -0.39 is 24.0 Å².